The molecule has 0 unspecified atom stereocenters. The first-order valence-corrected chi connectivity index (χ1v) is 6.81. The molecule has 0 bridgehead atoms. The summed E-state index contributed by atoms with van der Waals surface area (Å²) >= 11 is 0. The third kappa shape index (κ3) is 4.38. The van der Waals surface area contributed by atoms with Gasteiger partial charge in [0, 0.05) is 31.9 Å². The van der Waals surface area contributed by atoms with E-state index in [9.17, 15) is 13.2 Å². The van der Waals surface area contributed by atoms with Crippen LogP contribution < -0.4 is 10.6 Å². The summed E-state index contributed by atoms with van der Waals surface area (Å²) in [6.07, 6.45) is -4.30. The van der Waals surface area contributed by atoms with E-state index in [1.807, 2.05) is 4.90 Å². The van der Waals surface area contributed by atoms with Gasteiger partial charge in [0.1, 0.15) is 0 Å². The molecule has 0 spiro atoms. The van der Waals surface area contributed by atoms with Crippen LogP contribution in [0.3, 0.4) is 0 Å². The third-order valence-electron chi connectivity index (χ3n) is 3.44. The van der Waals surface area contributed by atoms with Crippen molar-refractivity contribution >= 4 is 5.69 Å². The van der Waals surface area contributed by atoms with Gasteiger partial charge in [0.2, 0.25) is 0 Å². The van der Waals surface area contributed by atoms with E-state index in [2.05, 4.69) is 16.7 Å². The maximum Gasteiger partial charge on any atom is 0.416 e. The van der Waals surface area contributed by atoms with Crippen molar-refractivity contribution in [3.8, 4) is 11.8 Å². The number of hydrogen-bond acceptors (Lipinski definition) is 3. The molecule has 1 aromatic carbocycles. The Balaban J connectivity index is 1.96. The number of hydrogen-bond donors (Lipinski definition) is 1. The number of rotatable bonds is 2. The second-order valence-corrected chi connectivity index (χ2v) is 4.87. The first-order valence-electron chi connectivity index (χ1n) is 6.81. The minimum atomic E-state index is -4.30. The van der Waals surface area contributed by atoms with Crippen LogP contribution in [-0.2, 0) is 6.18 Å². The van der Waals surface area contributed by atoms with E-state index in [1.165, 1.54) is 12.1 Å². The molecule has 1 saturated heterocycles. The standard InChI is InChI=1S/C15H18F3N3/c16-15(17,18)13-4-3-5-14(12-13)21-10-8-20(9-11-21)7-2-1-6-19/h3-5,12H,6-11,19H2. The first kappa shape index (κ1) is 15.7. The van der Waals surface area contributed by atoms with Crippen LogP contribution in [0.4, 0.5) is 18.9 Å². The molecule has 21 heavy (non-hydrogen) atoms. The van der Waals surface area contributed by atoms with Gasteiger partial charge in [0.25, 0.3) is 0 Å². The quantitative estimate of drug-likeness (QED) is 0.845. The van der Waals surface area contributed by atoms with Crippen molar-refractivity contribution in [2.24, 2.45) is 5.73 Å². The lowest BCUT2D eigenvalue weighted by Crippen LogP contribution is -2.46. The van der Waals surface area contributed by atoms with Gasteiger partial charge in [-0.25, -0.2) is 0 Å². The number of halogens is 3. The van der Waals surface area contributed by atoms with Crippen LogP contribution in [0.25, 0.3) is 0 Å². The highest BCUT2D eigenvalue weighted by Gasteiger charge is 2.31. The predicted octanol–water partition coefficient (Wildman–Crippen LogP) is 1.79. The molecular formula is C15H18F3N3. The lowest BCUT2D eigenvalue weighted by Gasteiger charge is -2.35. The topological polar surface area (TPSA) is 32.5 Å². The molecule has 3 nitrogen and oxygen atoms in total. The van der Waals surface area contributed by atoms with E-state index in [1.54, 1.807) is 6.07 Å². The smallest absolute Gasteiger partial charge is 0.369 e. The molecule has 1 aliphatic heterocycles. The van der Waals surface area contributed by atoms with Crippen molar-refractivity contribution in [2.75, 3.05) is 44.2 Å². The Hall–Kier alpha value is -1.71. The summed E-state index contributed by atoms with van der Waals surface area (Å²) in [5, 5.41) is 0. The van der Waals surface area contributed by atoms with Gasteiger partial charge in [-0.2, -0.15) is 13.2 Å². The summed E-state index contributed by atoms with van der Waals surface area (Å²) in [5.74, 6) is 5.78. The molecule has 0 aliphatic carbocycles. The molecule has 2 rings (SSSR count). The Bertz CT molecular complexity index is 523. The van der Waals surface area contributed by atoms with Gasteiger partial charge in [0.15, 0.2) is 0 Å². The highest BCUT2D eigenvalue weighted by atomic mass is 19.4. The zero-order valence-corrected chi connectivity index (χ0v) is 11.7. The van der Waals surface area contributed by atoms with Crippen molar-refractivity contribution in [2.45, 2.75) is 6.18 Å². The van der Waals surface area contributed by atoms with E-state index < -0.39 is 11.7 Å². The number of nitrogens with two attached hydrogens (primary N) is 1. The van der Waals surface area contributed by atoms with E-state index in [0.717, 1.165) is 19.2 Å². The van der Waals surface area contributed by atoms with E-state index in [4.69, 9.17) is 5.73 Å². The van der Waals surface area contributed by atoms with Crippen molar-refractivity contribution in [1.82, 2.24) is 4.90 Å². The number of alkyl halides is 3. The van der Waals surface area contributed by atoms with Crippen molar-refractivity contribution in [1.29, 1.82) is 0 Å². The molecule has 1 fully saturated rings. The molecule has 114 valence electrons. The summed E-state index contributed by atoms with van der Waals surface area (Å²) in [7, 11) is 0. The maximum absolute atomic E-state index is 12.7. The van der Waals surface area contributed by atoms with Crippen LogP contribution in [0.2, 0.25) is 0 Å². The highest BCUT2D eigenvalue weighted by molar-refractivity contribution is 5.49. The van der Waals surface area contributed by atoms with Crippen LogP contribution >= 0.6 is 0 Å². The lowest BCUT2D eigenvalue weighted by atomic mass is 10.1. The fourth-order valence-corrected chi connectivity index (χ4v) is 2.28. The van der Waals surface area contributed by atoms with Crippen LogP contribution in [0.15, 0.2) is 24.3 Å². The Labute approximate surface area is 122 Å². The zero-order valence-electron chi connectivity index (χ0n) is 11.7. The van der Waals surface area contributed by atoms with Gasteiger partial charge in [-0.3, -0.25) is 4.90 Å². The van der Waals surface area contributed by atoms with Crippen LogP contribution in [0, 0.1) is 11.8 Å². The van der Waals surface area contributed by atoms with E-state index >= 15 is 0 Å². The number of piperazine rings is 1. The minimum Gasteiger partial charge on any atom is -0.369 e. The molecule has 0 radical (unpaired) electrons. The number of benzene rings is 1. The van der Waals surface area contributed by atoms with Gasteiger partial charge in [-0.1, -0.05) is 17.9 Å². The molecule has 1 aliphatic rings. The summed E-state index contributed by atoms with van der Waals surface area (Å²) in [4.78, 5) is 4.15. The third-order valence-corrected chi connectivity index (χ3v) is 3.44. The van der Waals surface area contributed by atoms with Crippen LogP contribution in [0.5, 0.6) is 0 Å². The van der Waals surface area contributed by atoms with E-state index in [-0.39, 0.29) is 0 Å². The predicted molar refractivity (Wildman–Crippen MR) is 76.9 cm³/mol. The normalized spacial score (nSPS) is 16.5. The maximum atomic E-state index is 12.7. The molecule has 0 amide bonds. The van der Waals surface area contributed by atoms with Crippen molar-refractivity contribution < 1.29 is 13.2 Å². The van der Waals surface area contributed by atoms with Gasteiger partial charge >= 0.3 is 6.18 Å². The molecular weight excluding hydrogens is 279 g/mol. The molecule has 0 saturated carbocycles. The van der Waals surface area contributed by atoms with E-state index in [0.29, 0.717) is 31.9 Å². The Kier molecular flexibility index (Phi) is 5.10. The SMILES string of the molecule is NCC#CCN1CCN(c2cccc(C(F)(F)F)c2)CC1. The molecule has 0 aromatic heterocycles. The second-order valence-electron chi connectivity index (χ2n) is 4.87. The number of nitrogens with zero attached hydrogens (tertiary/aromatic N) is 2. The summed E-state index contributed by atoms with van der Waals surface area (Å²) in [6.45, 7) is 3.99. The highest BCUT2D eigenvalue weighted by Crippen LogP contribution is 2.31. The average molecular weight is 297 g/mol. The molecule has 6 heteroatoms. The first-order chi connectivity index (χ1) is 10.0. The average Bonchev–Trinajstić information content (AvgIpc) is 2.47. The zero-order chi connectivity index (χ0) is 15.3. The Morgan fingerprint density at radius 3 is 2.43 bits per heavy atom. The fourth-order valence-electron chi connectivity index (χ4n) is 2.28. The number of anilines is 1. The van der Waals surface area contributed by atoms with Gasteiger partial charge in [-0.15, -0.1) is 0 Å². The summed E-state index contributed by atoms with van der Waals surface area (Å²) < 4.78 is 38.2. The van der Waals surface area contributed by atoms with Crippen molar-refractivity contribution in [3.63, 3.8) is 0 Å². The van der Waals surface area contributed by atoms with Crippen LogP contribution in [-0.4, -0.2) is 44.2 Å². The van der Waals surface area contributed by atoms with Gasteiger partial charge in [0.05, 0.1) is 18.7 Å². The van der Waals surface area contributed by atoms with Gasteiger partial charge in [-0.05, 0) is 18.2 Å². The molecule has 2 N–H and O–H groups in total. The monoisotopic (exact) mass is 297 g/mol. The van der Waals surface area contributed by atoms with Crippen molar-refractivity contribution in [3.05, 3.63) is 29.8 Å². The molecule has 0 atom stereocenters. The fraction of sp³-hybridized carbons (Fsp3) is 0.467. The Morgan fingerprint density at radius 2 is 1.81 bits per heavy atom. The largest absolute Gasteiger partial charge is 0.416 e. The second kappa shape index (κ2) is 6.83. The lowest BCUT2D eigenvalue weighted by molar-refractivity contribution is -0.137. The summed E-state index contributed by atoms with van der Waals surface area (Å²) in [5.41, 5.74) is 5.32. The molecule has 1 aromatic rings. The minimum absolute atomic E-state index is 0.351. The van der Waals surface area contributed by atoms with Gasteiger partial charge < -0.3 is 10.6 Å². The summed E-state index contributed by atoms with van der Waals surface area (Å²) in [6, 6.07) is 5.49. The Morgan fingerprint density at radius 1 is 1.10 bits per heavy atom. The molecule has 1 heterocycles. The van der Waals surface area contributed by atoms with Crippen LogP contribution in [0.1, 0.15) is 5.56 Å².